The van der Waals surface area contributed by atoms with Gasteiger partial charge in [0.05, 0.1) is 12.3 Å². The molecule has 2 atom stereocenters. The lowest BCUT2D eigenvalue weighted by Crippen LogP contribution is -2.38. The average molecular weight is 403 g/mol. The van der Waals surface area contributed by atoms with Crippen molar-refractivity contribution < 1.29 is 9.53 Å². The van der Waals surface area contributed by atoms with Crippen LogP contribution < -0.4 is 5.32 Å². The first kappa shape index (κ1) is 19.2. The van der Waals surface area contributed by atoms with Crippen molar-refractivity contribution in [2.24, 2.45) is 11.8 Å². The number of nitrogens with zero attached hydrogens (tertiary/aromatic N) is 1. The molecule has 0 bridgehead atoms. The highest BCUT2D eigenvalue weighted by Crippen LogP contribution is 2.55. The zero-order valence-electron chi connectivity index (χ0n) is 14.3. The summed E-state index contributed by atoms with van der Waals surface area (Å²) in [5.74, 6) is 1.61. The van der Waals surface area contributed by atoms with Crippen LogP contribution in [-0.4, -0.2) is 47.3 Å². The fourth-order valence-electron chi connectivity index (χ4n) is 2.93. The summed E-state index contributed by atoms with van der Waals surface area (Å²) in [4.78, 5) is 15.6. The number of ether oxygens (including phenoxy) is 1. The molecule has 138 valence electrons. The van der Waals surface area contributed by atoms with Crippen LogP contribution in [0.3, 0.4) is 0 Å². The summed E-state index contributed by atoms with van der Waals surface area (Å²) in [5, 5.41) is 3.06. The monoisotopic (exact) mass is 402 g/mol. The third kappa shape index (κ3) is 5.19. The number of carbonyl (C=O) groups is 1. The fraction of sp³-hybridized carbons (Fsp3) is 0.611. The van der Waals surface area contributed by atoms with Crippen molar-refractivity contribution >= 4 is 46.7 Å². The first-order valence-corrected chi connectivity index (χ1v) is 10.5. The predicted molar refractivity (Wildman–Crippen MR) is 105 cm³/mol. The third-order valence-electron chi connectivity index (χ3n) is 4.70. The molecule has 1 aliphatic carbocycles. The number of anilines is 1. The van der Waals surface area contributed by atoms with Gasteiger partial charge in [-0.3, -0.25) is 0 Å². The Kier molecular flexibility index (Phi) is 6.42. The number of benzene rings is 1. The van der Waals surface area contributed by atoms with Gasteiger partial charge in [-0.15, -0.1) is 35.0 Å². The van der Waals surface area contributed by atoms with E-state index in [0.717, 1.165) is 48.9 Å². The van der Waals surface area contributed by atoms with Crippen LogP contribution >= 0.6 is 35.0 Å². The summed E-state index contributed by atoms with van der Waals surface area (Å²) < 4.78 is 4.85. The molecule has 3 rings (SSSR count). The second kappa shape index (κ2) is 8.38. The Morgan fingerprint density at radius 3 is 2.84 bits per heavy atom. The molecule has 1 aromatic rings. The highest BCUT2D eigenvalue weighted by Gasteiger charge is 2.51. The van der Waals surface area contributed by atoms with Gasteiger partial charge in [-0.05, 0) is 31.9 Å². The van der Waals surface area contributed by atoms with Gasteiger partial charge >= 0.3 is 6.03 Å². The van der Waals surface area contributed by atoms with Crippen molar-refractivity contribution in [1.82, 2.24) is 4.90 Å². The van der Waals surface area contributed by atoms with E-state index in [1.54, 1.807) is 11.8 Å². The molecule has 2 amide bonds. The normalized spacial score (nSPS) is 24.1. The van der Waals surface area contributed by atoms with Crippen LogP contribution in [0.1, 0.15) is 19.8 Å². The molecule has 1 saturated carbocycles. The van der Waals surface area contributed by atoms with Crippen LogP contribution in [0.25, 0.3) is 0 Å². The van der Waals surface area contributed by atoms with Crippen molar-refractivity contribution in [1.29, 1.82) is 0 Å². The summed E-state index contributed by atoms with van der Waals surface area (Å²) in [6, 6.07) is 7.82. The number of urea groups is 1. The molecule has 1 aromatic carbocycles. The van der Waals surface area contributed by atoms with E-state index >= 15 is 0 Å². The third-order valence-corrected chi connectivity index (χ3v) is 6.86. The number of thioether (sulfide) groups is 1. The minimum absolute atomic E-state index is 0.0575. The van der Waals surface area contributed by atoms with Crippen LogP contribution in [0, 0.1) is 11.8 Å². The summed E-state index contributed by atoms with van der Waals surface area (Å²) in [6.45, 7) is 4.97. The van der Waals surface area contributed by atoms with Gasteiger partial charge in [-0.2, -0.15) is 0 Å². The molecule has 1 heterocycles. The Labute approximate surface area is 163 Å². The molecule has 1 saturated heterocycles. The molecule has 4 nitrogen and oxygen atoms in total. The van der Waals surface area contributed by atoms with Crippen LogP contribution in [0.4, 0.5) is 10.5 Å². The Morgan fingerprint density at radius 2 is 2.20 bits per heavy atom. The maximum atomic E-state index is 12.7. The Balaban J connectivity index is 1.58. The molecule has 0 aromatic heterocycles. The maximum Gasteiger partial charge on any atom is 0.321 e. The van der Waals surface area contributed by atoms with Crippen LogP contribution in [-0.2, 0) is 4.74 Å². The minimum Gasteiger partial charge on any atom is -0.381 e. The average Bonchev–Trinajstić information content (AvgIpc) is 2.98. The zero-order valence-corrected chi connectivity index (χ0v) is 16.7. The molecule has 25 heavy (non-hydrogen) atoms. The van der Waals surface area contributed by atoms with E-state index in [4.69, 9.17) is 27.9 Å². The van der Waals surface area contributed by atoms with Gasteiger partial charge < -0.3 is 15.0 Å². The van der Waals surface area contributed by atoms with Crippen LogP contribution in [0.5, 0.6) is 0 Å². The van der Waals surface area contributed by atoms with Crippen molar-refractivity contribution in [3.63, 3.8) is 0 Å². The second-order valence-electron chi connectivity index (χ2n) is 6.67. The summed E-state index contributed by atoms with van der Waals surface area (Å²) in [7, 11) is 0. The molecule has 2 unspecified atom stereocenters. The van der Waals surface area contributed by atoms with Gasteiger partial charge in [0.15, 0.2) is 0 Å². The number of para-hydroxylation sites is 1. The Bertz CT molecular complexity index is 608. The van der Waals surface area contributed by atoms with Crippen molar-refractivity contribution in [2.45, 2.75) is 29.0 Å². The number of hydrogen-bond acceptors (Lipinski definition) is 3. The van der Waals surface area contributed by atoms with Gasteiger partial charge in [0.25, 0.3) is 0 Å². The molecule has 7 heteroatoms. The van der Waals surface area contributed by atoms with Crippen molar-refractivity contribution in [2.75, 3.05) is 37.4 Å². The highest BCUT2D eigenvalue weighted by atomic mass is 35.5. The minimum atomic E-state index is -0.562. The second-order valence-corrected chi connectivity index (χ2v) is 9.27. The quantitative estimate of drug-likeness (QED) is 0.522. The summed E-state index contributed by atoms with van der Waals surface area (Å²) >= 11 is 13.9. The van der Waals surface area contributed by atoms with Gasteiger partial charge in [0.2, 0.25) is 0 Å². The summed E-state index contributed by atoms with van der Waals surface area (Å²) in [6.07, 6.45) is 1.86. The maximum absolute atomic E-state index is 12.7. The number of amides is 2. The number of rotatable bonds is 7. The SMILES string of the molecule is CCN(CC1CCOC1)C(=O)Nc1ccccc1SCC1CC1(Cl)Cl. The largest absolute Gasteiger partial charge is 0.381 e. The number of halogens is 2. The van der Waals surface area contributed by atoms with Gasteiger partial charge in [0, 0.05) is 42.2 Å². The van der Waals surface area contributed by atoms with Crippen molar-refractivity contribution in [3.8, 4) is 0 Å². The topological polar surface area (TPSA) is 41.6 Å². The van der Waals surface area contributed by atoms with Gasteiger partial charge in [0.1, 0.15) is 4.33 Å². The fourth-order valence-corrected chi connectivity index (χ4v) is 4.87. The van der Waals surface area contributed by atoms with E-state index < -0.39 is 4.33 Å². The van der Waals surface area contributed by atoms with Gasteiger partial charge in [-0.25, -0.2) is 4.79 Å². The lowest BCUT2D eigenvalue weighted by atomic mass is 10.1. The standard InChI is InChI=1S/C18H24Cl2N2O2S/c1-2-22(10-13-7-8-24-11-13)17(23)21-15-5-3-4-6-16(15)25-12-14-9-18(14,19)20/h3-6,13-14H,2,7-12H2,1H3,(H,21,23). The number of carbonyl (C=O) groups excluding carboxylic acids is 1. The zero-order chi connectivity index (χ0) is 17.9. The van der Waals surface area contributed by atoms with Crippen LogP contribution in [0.15, 0.2) is 29.2 Å². The van der Waals surface area contributed by atoms with E-state index in [-0.39, 0.29) is 6.03 Å². The number of nitrogens with one attached hydrogen (secondary N) is 1. The molecular formula is C18H24Cl2N2O2S. The Hall–Kier alpha value is -0.620. The number of alkyl halides is 2. The first-order chi connectivity index (χ1) is 12.0. The lowest BCUT2D eigenvalue weighted by Gasteiger charge is -2.24. The van der Waals surface area contributed by atoms with E-state index in [1.807, 2.05) is 36.1 Å². The molecule has 1 aliphatic heterocycles. The smallest absolute Gasteiger partial charge is 0.321 e. The Morgan fingerprint density at radius 1 is 1.44 bits per heavy atom. The molecular weight excluding hydrogens is 379 g/mol. The molecule has 0 radical (unpaired) electrons. The summed E-state index contributed by atoms with van der Waals surface area (Å²) in [5.41, 5.74) is 0.842. The highest BCUT2D eigenvalue weighted by molar-refractivity contribution is 7.99. The molecule has 2 fully saturated rings. The van der Waals surface area contributed by atoms with Crippen molar-refractivity contribution in [3.05, 3.63) is 24.3 Å². The predicted octanol–water partition coefficient (Wildman–Crippen LogP) is 4.86. The van der Waals surface area contributed by atoms with E-state index in [0.29, 0.717) is 18.4 Å². The first-order valence-electron chi connectivity index (χ1n) is 8.73. The molecule has 2 aliphatic rings. The van der Waals surface area contributed by atoms with Gasteiger partial charge in [-0.1, -0.05) is 12.1 Å². The van der Waals surface area contributed by atoms with E-state index in [2.05, 4.69) is 5.32 Å². The number of hydrogen-bond donors (Lipinski definition) is 1. The van der Waals surface area contributed by atoms with E-state index in [1.165, 1.54) is 0 Å². The molecule has 0 spiro atoms. The molecule has 1 N–H and O–H groups in total. The van der Waals surface area contributed by atoms with Crippen LogP contribution in [0.2, 0.25) is 0 Å². The van der Waals surface area contributed by atoms with E-state index in [9.17, 15) is 4.79 Å². The lowest BCUT2D eigenvalue weighted by molar-refractivity contribution is 0.171.